The zero-order valence-corrected chi connectivity index (χ0v) is 17.2. The highest BCUT2D eigenvalue weighted by atomic mass is 32.1. The summed E-state index contributed by atoms with van der Waals surface area (Å²) in [6.07, 6.45) is -2.49. The molecule has 1 unspecified atom stereocenters. The third-order valence-electron chi connectivity index (χ3n) is 4.98. The monoisotopic (exact) mass is 468 g/mol. The fourth-order valence-corrected chi connectivity index (χ4v) is 4.12. The number of hydrogen-bond acceptors (Lipinski definition) is 5. The van der Waals surface area contributed by atoms with Crippen LogP contribution in [0.4, 0.5) is 32.8 Å². The Morgan fingerprint density at radius 2 is 1.88 bits per heavy atom. The Hall–Kier alpha value is -3.05. The predicted molar refractivity (Wildman–Crippen MR) is 112 cm³/mol. The largest absolute Gasteiger partial charge is 0.416 e. The van der Waals surface area contributed by atoms with Crippen molar-refractivity contribution in [2.75, 3.05) is 17.2 Å². The Labute approximate surface area is 183 Å². The normalized spacial score (nSPS) is 15.9. The van der Waals surface area contributed by atoms with E-state index in [1.54, 1.807) is 6.07 Å². The number of carbonyl (C=O) groups is 1. The van der Waals surface area contributed by atoms with Crippen molar-refractivity contribution in [3.8, 4) is 10.4 Å². The van der Waals surface area contributed by atoms with E-state index in [9.17, 15) is 26.7 Å². The summed E-state index contributed by atoms with van der Waals surface area (Å²) in [5, 5.41) is 5.72. The molecule has 1 aliphatic rings. The zero-order chi connectivity index (χ0) is 23.1. The van der Waals surface area contributed by atoms with Crippen LogP contribution in [0.5, 0.6) is 0 Å². The van der Waals surface area contributed by atoms with Gasteiger partial charge < -0.3 is 16.4 Å². The highest BCUT2D eigenvalue weighted by Gasteiger charge is 2.48. The van der Waals surface area contributed by atoms with Gasteiger partial charge in [-0.3, -0.25) is 4.79 Å². The standard InChI is InChI=1S/C21H17F5N4OS/c22-20(23)15-8-12(3-6-16(15)30-18(20)31)17-10-29-19(32-17)28-9-14(27)7-11-1-4-13(5-2-11)21(24,25)26/h1-6,8,10,14H,7,9,27H2,(H,28,29)(H,30,31). The number of nitrogens with zero attached hydrogens (tertiary/aromatic N) is 1. The van der Waals surface area contributed by atoms with Gasteiger partial charge in [0.1, 0.15) is 0 Å². The molecule has 0 fully saturated rings. The van der Waals surface area contributed by atoms with Gasteiger partial charge in [-0.25, -0.2) is 4.98 Å². The molecule has 0 spiro atoms. The highest BCUT2D eigenvalue weighted by molar-refractivity contribution is 7.18. The number of benzene rings is 2. The molecule has 0 saturated heterocycles. The maximum atomic E-state index is 14.0. The lowest BCUT2D eigenvalue weighted by molar-refractivity contribution is -0.139. The summed E-state index contributed by atoms with van der Waals surface area (Å²) in [4.78, 5) is 16.2. The fraction of sp³-hybridized carbons (Fsp3) is 0.238. The number of thiazole rings is 1. The van der Waals surface area contributed by atoms with Gasteiger partial charge in [-0.2, -0.15) is 22.0 Å². The fourth-order valence-electron chi connectivity index (χ4n) is 3.30. The first-order chi connectivity index (χ1) is 15.0. The van der Waals surface area contributed by atoms with Crippen molar-refractivity contribution in [2.24, 2.45) is 5.73 Å². The molecule has 0 radical (unpaired) electrons. The molecule has 1 aliphatic heterocycles. The number of amides is 1. The number of aromatic nitrogens is 1. The first kappa shape index (κ1) is 22.2. The zero-order valence-electron chi connectivity index (χ0n) is 16.3. The second-order valence-electron chi connectivity index (χ2n) is 7.36. The van der Waals surface area contributed by atoms with Gasteiger partial charge in [0.2, 0.25) is 0 Å². The third kappa shape index (κ3) is 4.44. The van der Waals surface area contributed by atoms with E-state index in [2.05, 4.69) is 15.6 Å². The number of alkyl halides is 5. The maximum Gasteiger partial charge on any atom is 0.416 e. The van der Waals surface area contributed by atoms with Gasteiger partial charge in [-0.15, -0.1) is 0 Å². The van der Waals surface area contributed by atoms with E-state index in [1.165, 1.54) is 41.8 Å². The Morgan fingerprint density at radius 3 is 2.56 bits per heavy atom. The van der Waals surface area contributed by atoms with Crippen LogP contribution in [-0.4, -0.2) is 23.5 Å². The molecule has 2 heterocycles. The van der Waals surface area contributed by atoms with Crippen LogP contribution in [0.3, 0.4) is 0 Å². The summed E-state index contributed by atoms with van der Waals surface area (Å²) in [6.45, 7) is 0.314. The molecule has 4 N–H and O–H groups in total. The van der Waals surface area contributed by atoms with Gasteiger partial charge >= 0.3 is 12.1 Å². The van der Waals surface area contributed by atoms with Gasteiger partial charge in [-0.05, 0) is 41.8 Å². The van der Waals surface area contributed by atoms with Crippen molar-refractivity contribution in [3.05, 3.63) is 65.4 Å². The molecule has 5 nitrogen and oxygen atoms in total. The van der Waals surface area contributed by atoms with E-state index in [-0.39, 0.29) is 17.3 Å². The van der Waals surface area contributed by atoms with Gasteiger partial charge in [0.05, 0.1) is 21.7 Å². The molecule has 4 rings (SSSR count). The Bertz CT molecular complexity index is 1140. The molecule has 1 aromatic heterocycles. The lowest BCUT2D eigenvalue weighted by Gasteiger charge is -2.13. The van der Waals surface area contributed by atoms with E-state index in [4.69, 9.17) is 5.73 Å². The first-order valence-electron chi connectivity index (χ1n) is 9.49. The van der Waals surface area contributed by atoms with Gasteiger partial charge in [0.25, 0.3) is 5.91 Å². The smallest absolute Gasteiger partial charge is 0.360 e. The minimum absolute atomic E-state index is 0.0841. The maximum absolute atomic E-state index is 14.0. The number of halogens is 5. The van der Waals surface area contributed by atoms with E-state index in [0.717, 1.165) is 12.1 Å². The number of nitrogens with one attached hydrogen (secondary N) is 2. The summed E-state index contributed by atoms with van der Waals surface area (Å²) in [5.41, 5.74) is 6.24. The lowest BCUT2D eigenvalue weighted by atomic mass is 10.0. The third-order valence-corrected chi connectivity index (χ3v) is 5.98. The van der Waals surface area contributed by atoms with Crippen LogP contribution in [-0.2, 0) is 23.3 Å². The van der Waals surface area contributed by atoms with Crippen LogP contribution in [0.15, 0.2) is 48.7 Å². The first-order valence-corrected chi connectivity index (χ1v) is 10.3. The number of nitrogens with two attached hydrogens (primary N) is 1. The summed E-state index contributed by atoms with van der Waals surface area (Å²) < 4.78 is 65.9. The number of fused-ring (bicyclic) bond motifs is 1. The quantitative estimate of drug-likeness (QED) is 0.452. The van der Waals surface area contributed by atoms with Crippen molar-refractivity contribution in [1.29, 1.82) is 0 Å². The molecule has 0 aliphatic carbocycles. The minimum Gasteiger partial charge on any atom is -0.360 e. The molecule has 1 atom stereocenters. The molecular weight excluding hydrogens is 451 g/mol. The van der Waals surface area contributed by atoms with Crippen molar-refractivity contribution in [1.82, 2.24) is 4.98 Å². The van der Waals surface area contributed by atoms with Crippen LogP contribution >= 0.6 is 11.3 Å². The SMILES string of the molecule is NC(CNc1ncc(-c2ccc3c(c2)C(F)(F)C(=O)N3)s1)Cc1ccc(C(F)(F)F)cc1. The number of carbonyl (C=O) groups excluding carboxylic acids is 1. The van der Waals surface area contributed by atoms with Gasteiger partial charge in [0.15, 0.2) is 5.13 Å². The second kappa shape index (κ2) is 8.14. The van der Waals surface area contributed by atoms with Crippen LogP contribution in [0.2, 0.25) is 0 Å². The average Bonchev–Trinajstić information content (AvgIpc) is 3.29. The average molecular weight is 468 g/mol. The molecule has 32 heavy (non-hydrogen) atoms. The molecule has 0 bridgehead atoms. The highest BCUT2D eigenvalue weighted by Crippen LogP contribution is 2.43. The van der Waals surface area contributed by atoms with Crippen molar-refractivity contribution < 1.29 is 26.7 Å². The summed E-state index contributed by atoms with van der Waals surface area (Å²) in [7, 11) is 0. The summed E-state index contributed by atoms with van der Waals surface area (Å²) in [5.74, 6) is -4.93. The number of hydrogen-bond donors (Lipinski definition) is 3. The van der Waals surface area contributed by atoms with Gasteiger partial charge in [0, 0.05) is 18.8 Å². The molecule has 11 heteroatoms. The number of anilines is 2. The van der Waals surface area contributed by atoms with Crippen molar-refractivity contribution in [2.45, 2.75) is 24.6 Å². The topological polar surface area (TPSA) is 80.0 Å². The molecule has 1 amide bonds. The minimum atomic E-state index is -4.38. The Kier molecular flexibility index (Phi) is 5.63. The van der Waals surface area contributed by atoms with Crippen LogP contribution in [0.25, 0.3) is 10.4 Å². The van der Waals surface area contributed by atoms with Gasteiger partial charge in [-0.1, -0.05) is 29.5 Å². The summed E-state index contributed by atoms with van der Waals surface area (Å²) >= 11 is 1.23. The van der Waals surface area contributed by atoms with E-state index >= 15 is 0 Å². The van der Waals surface area contributed by atoms with E-state index in [0.29, 0.717) is 34.1 Å². The molecule has 0 saturated carbocycles. The Balaban J connectivity index is 1.37. The van der Waals surface area contributed by atoms with E-state index in [1.807, 2.05) is 0 Å². The van der Waals surface area contributed by atoms with Crippen LogP contribution < -0.4 is 16.4 Å². The summed E-state index contributed by atoms with van der Waals surface area (Å²) in [6, 6.07) is 8.76. The van der Waals surface area contributed by atoms with Crippen LogP contribution in [0, 0.1) is 0 Å². The second-order valence-corrected chi connectivity index (χ2v) is 8.39. The Morgan fingerprint density at radius 1 is 1.16 bits per heavy atom. The van der Waals surface area contributed by atoms with Crippen molar-refractivity contribution >= 4 is 28.1 Å². The predicted octanol–water partition coefficient (Wildman–Crippen LogP) is 4.85. The molecule has 3 aromatic rings. The lowest BCUT2D eigenvalue weighted by Crippen LogP contribution is -2.31. The van der Waals surface area contributed by atoms with Crippen molar-refractivity contribution in [3.63, 3.8) is 0 Å². The molecular formula is C21H17F5N4OS. The molecule has 2 aromatic carbocycles. The molecule has 168 valence electrons. The number of rotatable bonds is 6. The van der Waals surface area contributed by atoms with E-state index < -0.39 is 23.6 Å². The van der Waals surface area contributed by atoms with Crippen LogP contribution in [0.1, 0.15) is 16.7 Å².